The first-order valence-corrected chi connectivity index (χ1v) is 7.00. The van der Waals surface area contributed by atoms with Crippen molar-refractivity contribution in [2.45, 2.75) is 10.6 Å². The molecule has 2 aromatic rings. The van der Waals surface area contributed by atoms with E-state index in [0.29, 0.717) is 16.9 Å². The molecule has 0 bridgehead atoms. The number of thioether (sulfide) groups is 1. The van der Waals surface area contributed by atoms with E-state index < -0.39 is 0 Å². The van der Waals surface area contributed by atoms with Crippen molar-refractivity contribution in [1.29, 1.82) is 5.26 Å². The number of benzene rings is 2. The first kappa shape index (κ1) is 14.2. The average molecular weight is 283 g/mol. The minimum atomic E-state index is 0.614. The molecule has 0 spiro atoms. The molecule has 0 saturated heterocycles. The van der Waals surface area contributed by atoms with E-state index in [1.807, 2.05) is 24.3 Å². The molecular weight excluding hydrogens is 270 g/mol. The lowest BCUT2D eigenvalue weighted by Gasteiger charge is -2.08. The van der Waals surface area contributed by atoms with Crippen LogP contribution in [-0.4, -0.2) is 13.4 Å². The minimum Gasteiger partial charge on any atom is -0.496 e. The van der Waals surface area contributed by atoms with Gasteiger partial charge in [0.15, 0.2) is 0 Å². The Bertz CT molecular complexity index is 662. The van der Waals surface area contributed by atoms with Gasteiger partial charge in [0.05, 0.1) is 18.7 Å². The Morgan fingerprint density at radius 2 is 2.15 bits per heavy atom. The number of carbonyl (C=O) groups is 1. The maximum Gasteiger partial charge on any atom is 0.150 e. The van der Waals surface area contributed by atoms with Crippen molar-refractivity contribution in [3.63, 3.8) is 0 Å². The molecule has 0 fully saturated rings. The largest absolute Gasteiger partial charge is 0.496 e. The van der Waals surface area contributed by atoms with Crippen LogP contribution in [0.3, 0.4) is 0 Å². The number of hydrogen-bond donors (Lipinski definition) is 0. The summed E-state index contributed by atoms with van der Waals surface area (Å²) in [5, 5.41) is 8.94. The van der Waals surface area contributed by atoms with Crippen LogP contribution in [0.15, 0.2) is 47.4 Å². The van der Waals surface area contributed by atoms with Gasteiger partial charge in [0.2, 0.25) is 0 Å². The van der Waals surface area contributed by atoms with Gasteiger partial charge in [-0.2, -0.15) is 5.26 Å². The first-order valence-electron chi connectivity index (χ1n) is 6.02. The van der Waals surface area contributed by atoms with Crippen molar-refractivity contribution >= 4 is 18.0 Å². The standard InChI is InChI=1S/C16H13NO2S/c1-19-16-6-5-12(9-17)7-14(16)11-20-15-4-2-3-13(8-15)10-18/h2-8,10H,11H2,1H3. The van der Waals surface area contributed by atoms with E-state index in [9.17, 15) is 4.79 Å². The molecule has 0 aliphatic carbocycles. The highest BCUT2D eigenvalue weighted by atomic mass is 32.2. The summed E-state index contributed by atoms with van der Waals surface area (Å²) in [4.78, 5) is 11.8. The molecule has 0 atom stereocenters. The fraction of sp³-hybridized carbons (Fsp3) is 0.125. The average Bonchev–Trinajstić information content (AvgIpc) is 2.52. The molecule has 3 nitrogen and oxygen atoms in total. The van der Waals surface area contributed by atoms with Crippen LogP contribution in [0, 0.1) is 11.3 Å². The maximum atomic E-state index is 10.8. The topological polar surface area (TPSA) is 50.1 Å². The lowest BCUT2D eigenvalue weighted by atomic mass is 10.1. The van der Waals surface area contributed by atoms with Crippen LogP contribution in [0.25, 0.3) is 0 Å². The molecule has 100 valence electrons. The Balaban J connectivity index is 2.17. The van der Waals surface area contributed by atoms with Crippen LogP contribution < -0.4 is 4.74 Å². The second kappa shape index (κ2) is 6.78. The summed E-state index contributed by atoms with van der Waals surface area (Å²) in [5.74, 6) is 1.45. The van der Waals surface area contributed by atoms with Crippen LogP contribution in [0.4, 0.5) is 0 Å². The fourth-order valence-corrected chi connectivity index (χ4v) is 2.74. The predicted octanol–water partition coefficient (Wildman–Crippen LogP) is 3.67. The molecule has 0 saturated carbocycles. The summed E-state index contributed by atoms with van der Waals surface area (Å²) in [7, 11) is 1.61. The molecule has 4 heteroatoms. The van der Waals surface area contributed by atoms with Gasteiger partial charge in [0.1, 0.15) is 12.0 Å². The third kappa shape index (κ3) is 3.40. The van der Waals surface area contributed by atoms with Gasteiger partial charge in [0, 0.05) is 21.8 Å². The van der Waals surface area contributed by atoms with E-state index in [-0.39, 0.29) is 0 Å². The molecule has 0 unspecified atom stereocenters. The number of hydrogen-bond acceptors (Lipinski definition) is 4. The van der Waals surface area contributed by atoms with E-state index in [1.54, 1.807) is 37.1 Å². The van der Waals surface area contributed by atoms with E-state index in [0.717, 1.165) is 22.5 Å². The molecule has 0 aliphatic heterocycles. The lowest BCUT2D eigenvalue weighted by molar-refractivity contribution is 0.112. The highest BCUT2D eigenvalue weighted by molar-refractivity contribution is 7.98. The second-order valence-corrected chi connectivity index (χ2v) is 5.17. The van der Waals surface area contributed by atoms with Crippen molar-refractivity contribution in [3.05, 3.63) is 59.2 Å². The molecule has 0 aliphatic rings. The highest BCUT2D eigenvalue weighted by Crippen LogP contribution is 2.29. The summed E-state index contributed by atoms with van der Waals surface area (Å²) in [6.45, 7) is 0. The van der Waals surface area contributed by atoms with Crippen molar-refractivity contribution in [3.8, 4) is 11.8 Å². The molecule has 0 radical (unpaired) electrons. The van der Waals surface area contributed by atoms with Crippen molar-refractivity contribution in [1.82, 2.24) is 0 Å². The number of nitrogens with zero attached hydrogens (tertiary/aromatic N) is 1. The zero-order valence-corrected chi connectivity index (χ0v) is 11.8. The van der Waals surface area contributed by atoms with E-state index in [1.165, 1.54) is 0 Å². The van der Waals surface area contributed by atoms with Crippen LogP contribution in [0.2, 0.25) is 0 Å². The van der Waals surface area contributed by atoms with Gasteiger partial charge in [-0.1, -0.05) is 12.1 Å². The molecular formula is C16H13NO2S. The smallest absolute Gasteiger partial charge is 0.150 e. The number of carbonyl (C=O) groups excluding carboxylic acids is 1. The molecule has 2 aromatic carbocycles. The number of ether oxygens (including phenoxy) is 1. The van der Waals surface area contributed by atoms with Crippen molar-refractivity contribution in [2.75, 3.05) is 7.11 Å². The van der Waals surface area contributed by atoms with Crippen LogP contribution >= 0.6 is 11.8 Å². The number of aldehydes is 1. The summed E-state index contributed by atoms with van der Waals surface area (Å²) >= 11 is 1.60. The second-order valence-electron chi connectivity index (χ2n) is 4.12. The molecule has 0 heterocycles. The lowest BCUT2D eigenvalue weighted by Crippen LogP contribution is -1.91. The molecule has 2 rings (SSSR count). The van der Waals surface area contributed by atoms with Gasteiger partial charge in [0.25, 0.3) is 0 Å². The van der Waals surface area contributed by atoms with Gasteiger partial charge in [-0.15, -0.1) is 11.8 Å². The Morgan fingerprint density at radius 1 is 1.30 bits per heavy atom. The summed E-state index contributed by atoms with van der Waals surface area (Å²) in [5.41, 5.74) is 2.24. The van der Waals surface area contributed by atoms with E-state index >= 15 is 0 Å². The number of nitriles is 1. The van der Waals surface area contributed by atoms with Gasteiger partial charge in [-0.25, -0.2) is 0 Å². The summed E-state index contributed by atoms with van der Waals surface area (Å²) in [6, 6.07) is 14.9. The van der Waals surface area contributed by atoms with Gasteiger partial charge < -0.3 is 4.74 Å². The van der Waals surface area contributed by atoms with Crippen molar-refractivity contribution in [2.24, 2.45) is 0 Å². The summed E-state index contributed by atoms with van der Waals surface area (Å²) < 4.78 is 5.30. The fourth-order valence-electron chi connectivity index (χ4n) is 1.80. The molecule has 0 aromatic heterocycles. The summed E-state index contributed by atoms with van der Waals surface area (Å²) in [6.07, 6.45) is 0.834. The third-order valence-electron chi connectivity index (χ3n) is 2.80. The number of rotatable bonds is 5. The quantitative estimate of drug-likeness (QED) is 0.620. The molecule has 0 N–H and O–H groups in total. The Kier molecular flexibility index (Phi) is 4.80. The van der Waals surface area contributed by atoms with Crippen LogP contribution in [0.5, 0.6) is 5.75 Å². The Morgan fingerprint density at radius 3 is 2.85 bits per heavy atom. The third-order valence-corrected chi connectivity index (χ3v) is 3.84. The van der Waals surface area contributed by atoms with E-state index in [4.69, 9.17) is 10.00 Å². The number of methoxy groups -OCH3 is 1. The van der Waals surface area contributed by atoms with Gasteiger partial charge >= 0.3 is 0 Å². The maximum absolute atomic E-state index is 10.8. The van der Waals surface area contributed by atoms with E-state index in [2.05, 4.69) is 6.07 Å². The Labute approximate surface area is 122 Å². The van der Waals surface area contributed by atoms with Gasteiger partial charge in [-0.05, 0) is 30.3 Å². The van der Waals surface area contributed by atoms with Gasteiger partial charge in [-0.3, -0.25) is 4.79 Å². The SMILES string of the molecule is COc1ccc(C#N)cc1CSc1cccc(C=O)c1. The predicted molar refractivity (Wildman–Crippen MR) is 79.1 cm³/mol. The normalized spacial score (nSPS) is 9.80. The zero-order chi connectivity index (χ0) is 14.4. The highest BCUT2D eigenvalue weighted by Gasteiger charge is 2.06. The van der Waals surface area contributed by atoms with Crippen LogP contribution in [0.1, 0.15) is 21.5 Å². The Hall–Kier alpha value is -2.25. The van der Waals surface area contributed by atoms with Crippen molar-refractivity contribution < 1.29 is 9.53 Å². The zero-order valence-electron chi connectivity index (χ0n) is 11.0. The van der Waals surface area contributed by atoms with Crippen LogP contribution in [-0.2, 0) is 5.75 Å². The minimum absolute atomic E-state index is 0.614. The monoisotopic (exact) mass is 283 g/mol. The molecule has 0 amide bonds. The molecule has 20 heavy (non-hydrogen) atoms. The first-order chi connectivity index (χ1) is 9.76.